The molecule has 2 heterocycles. The van der Waals surface area contributed by atoms with Crippen LogP contribution in [0.25, 0.3) is 0 Å². The summed E-state index contributed by atoms with van der Waals surface area (Å²) in [6, 6.07) is 6.11. The summed E-state index contributed by atoms with van der Waals surface area (Å²) in [5, 5.41) is 5.39. The number of piperidine rings is 1. The van der Waals surface area contributed by atoms with Crippen LogP contribution in [0.3, 0.4) is 0 Å². The molecule has 2 aliphatic heterocycles. The molecule has 2 aliphatic rings. The maximum Gasteiger partial charge on any atom is 0.328 e. The molecule has 2 fully saturated rings. The van der Waals surface area contributed by atoms with E-state index in [1.54, 1.807) is 29.0 Å². The molecule has 3 rings (SSSR count). The molecule has 0 aliphatic carbocycles. The van der Waals surface area contributed by atoms with Gasteiger partial charge in [0.1, 0.15) is 11.8 Å². The predicted molar refractivity (Wildman–Crippen MR) is 121 cm³/mol. The number of methoxy groups -OCH3 is 2. The summed E-state index contributed by atoms with van der Waals surface area (Å²) >= 11 is 0. The molecule has 2 saturated heterocycles. The molecule has 0 saturated carbocycles. The molecule has 1 aromatic carbocycles. The van der Waals surface area contributed by atoms with Crippen LogP contribution in [0.2, 0.25) is 0 Å². The highest BCUT2D eigenvalue weighted by Gasteiger charge is 2.43. The highest BCUT2D eigenvalue weighted by molar-refractivity contribution is 5.91. The van der Waals surface area contributed by atoms with Crippen molar-refractivity contribution in [2.75, 3.05) is 45.7 Å². The third-order valence-corrected chi connectivity index (χ3v) is 6.49. The van der Waals surface area contributed by atoms with Crippen LogP contribution in [0.5, 0.6) is 5.75 Å². The van der Waals surface area contributed by atoms with Gasteiger partial charge in [-0.1, -0.05) is 12.1 Å². The number of amides is 4. The highest BCUT2D eigenvalue weighted by atomic mass is 16.5. The van der Waals surface area contributed by atoms with Crippen LogP contribution in [-0.2, 0) is 19.1 Å². The number of para-hydroxylation sites is 2. The summed E-state index contributed by atoms with van der Waals surface area (Å²) in [5.41, 5.74) is 0.591. The van der Waals surface area contributed by atoms with E-state index in [1.165, 1.54) is 14.0 Å². The molecule has 33 heavy (non-hydrogen) atoms. The first-order chi connectivity index (χ1) is 15.8. The second-order valence-electron chi connectivity index (χ2n) is 8.66. The van der Waals surface area contributed by atoms with Crippen LogP contribution in [-0.4, -0.2) is 80.1 Å². The molecule has 4 amide bonds. The lowest BCUT2D eigenvalue weighted by molar-refractivity contribution is -0.147. The van der Waals surface area contributed by atoms with Crippen LogP contribution in [0.15, 0.2) is 24.3 Å². The minimum atomic E-state index is -0.989. The van der Waals surface area contributed by atoms with E-state index in [9.17, 15) is 19.2 Å². The number of nitrogens with zero attached hydrogens (tertiary/aromatic N) is 2. The molecule has 1 spiro atoms. The number of hydrogen-bond acceptors (Lipinski definition) is 6. The fourth-order valence-electron chi connectivity index (χ4n) is 4.57. The van der Waals surface area contributed by atoms with Crippen molar-refractivity contribution in [3.05, 3.63) is 24.3 Å². The van der Waals surface area contributed by atoms with Crippen molar-refractivity contribution < 1.29 is 28.7 Å². The Bertz CT molecular complexity index is 897. The number of ether oxygens (including phenoxy) is 2. The van der Waals surface area contributed by atoms with E-state index >= 15 is 0 Å². The molecule has 180 valence electrons. The Hall–Kier alpha value is -3.30. The number of carbonyl (C=O) groups excluding carboxylic acids is 4. The van der Waals surface area contributed by atoms with E-state index in [2.05, 4.69) is 10.6 Å². The third kappa shape index (κ3) is 5.94. The van der Waals surface area contributed by atoms with Crippen molar-refractivity contribution in [3.63, 3.8) is 0 Å². The Labute approximate surface area is 193 Å². The maximum atomic E-state index is 12.8. The molecule has 0 radical (unpaired) electrons. The Morgan fingerprint density at radius 2 is 1.67 bits per heavy atom. The van der Waals surface area contributed by atoms with E-state index < -0.39 is 17.9 Å². The van der Waals surface area contributed by atoms with Crippen molar-refractivity contribution in [2.45, 2.75) is 38.6 Å². The highest BCUT2D eigenvalue weighted by Crippen LogP contribution is 2.40. The number of rotatable bonds is 6. The number of carbonyl (C=O) groups is 4. The quantitative estimate of drug-likeness (QED) is 0.623. The van der Waals surface area contributed by atoms with Gasteiger partial charge in [0, 0.05) is 33.1 Å². The van der Waals surface area contributed by atoms with Crippen LogP contribution in [0.4, 0.5) is 10.5 Å². The van der Waals surface area contributed by atoms with E-state index in [-0.39, 0.29) is 23.8 Å². The number of hydrogen-bond donors (Lipinski definition) is 2. The van der Waals surface area contributed by atoms with E-state index in [4.69, 9.17) is 9.47 Å². The molecule has 2 N–H and O–H groups in total. The van der Waals surface area contributed by atoms with Gasteiger partial charge >= 0.3 is 12.0 Å². The molecule has 1 atom stereocenters. The van der Waals surface area contributed by atoms with Gasteiger partial charge in [0.05, 0.1) is 26.3 Å². The van der Waals surface area contributed by atoms with E-state index in [0.29, 0.717) is 37.6 Å². The Balaban J connectivity index is 1.53. The molecule has 1 unspecified atom stereocenters. The van der Waals surface area contributed by atoms with Gasteiger partial charge in [0.25, 0.3) is 0 Å². The van der Waals surface area contributed by atoms with Crippen molar-refractivity contribution in [1.82, 2.24) is 15.1 Å². The fourth-order valence-corrected chi connectivity index (χ4v) is 4.57. The number of esters is 1. The second kappa shape index (κ2) is 10.5. The van der Waals surface area contributed by atoms with E-state index in [1.807, 2.05) is 12.1 Å². The van der Waals surface area contributed by atoms with Gasteiger partial charge in [-0.15, -0.1) is 0 Å². The smallest absolute Gasteiger partial charge is 0.328 e. The topological polar surface area (TPSA) is 117 Å². The maximum absolute atomic E-state index is 12.8. The van der Waals surface area contributed by atoms with Crippen molar-refractivity contribution in [1.29, 1.82) is 0 Å². The SMILES string of the molecule is COC(=O)C(CC(=O)N1CCC2(CCN(C(=O)Nc3ccccc3OC)CC2)C1)NC(C)=O. The first-order valence-corrected chi connectivity index (χ1v) is 11.1. The van der Waals surface area contributed by atoms with Gasteiger partial charge in [-0.25, -0.2) is 9.59 Å². The van der Waals surface area contributed by atoms with E-state index in [0.717, 1.165) is 19.3 Å². The summed E-state index contributed by atoms with van der Waals surface area (Å²) in [7, 11) is 2.79. The number of urea groups is 1. The number of likely N-dealkylation sites (tertiary alicyclic amines) is 2. The minimum Gasteiger partial charge on any atom is -0.495 e. The Kier molecular flexibility index (Phi) is 7.78. The van der Waals surface area contributed by atoms with Crippen molar-refractivity contribution >= 4 is 29.5 Å². The normalized spacial score (nSPS) is 17.9. The van der Waals surface area contributed by atoms with Gasteiger partial charge in [-0.3, -0.25) is 9.59 Å². The van der Waals surface area contributed by atoms with Crippen molar-refractivity contribution in [2.24, 2.45) is 5.41 Å². The zero-order valence-corrected chi connectivity index (χ0v) is 19.4. The fraction of sp³-hybridized carbons (Fsp3) is 0.565. The zero-order chi connectivity index (χ0) is 24.0. The number of benzene rings is 1. The number of anilines is 1. The lowest BCUT2D eigenvalue weighted by atomic mass is 9.78. The molecule has 10 heteroatoms. The standard InChI is InChI=1S/C23H32N4O6/c1-16(28)24-18(21(30)33-3)14-20(29)27-13-10-23(15-27)8-11-26(12-9-23)22(31)25-17-6-4-5-7-19(17)32-2/h4-7,18H,8-15H2,1-3H3,(H,24,28)(H,25,31). The van der Waals surface area contributed by atoms with Crippen molar-refractivity contribution in [3.8, 4) is 5.75 Å². The van der Waals surface area contributed by atoms with Gasteiger partial charge < -0.3 is 29.9 Å². The lowest BCUT2D eigenvalue weighted by Gasteiger charge is -2.39. The molecule has 10 nitrogen and oxygen atoms in total. The molecule has 0 bridgehead atoms. The lowest BCUT2D eigenvalue weighted by Crippen LogP contribution is -2.47. The second-order valence-corrected chi connectivity index (χ2v) is 8.66. The number of nitrogens with one attached hydrogen (secondary N) is 2. The van der Waals surface area contributed by atoms with Gasteiger partial charge in [0.15, 0.2) is 0 Å². The summed E-state index contributed by atoms with van der Waals surface area (Å²) in [6.07, 6.45) is 2.31. The van der Waals surface area contributed by atoms with Gasteiger partial charge in [-0.05, 0) is 36.8 Å². The molecule has 1 aromatic rings. The largest absolute Gasteiger partial charge is 0.495 e. The van der Waals surface area contributed by atoms with Crippen LogP contribution >= 0.6 is 0 Å². The Morgan fingerprint density at radius 3 is 2.27 bits per heavy atom. The predicted octanol–water partition coefficient (Wildman–Crippen LogP) is 1.61. The van der Waals surface area contributed by atoms with Gasteiger partial charge in [0.2, 0.25) is 11.8 Å². The van der Waals surface area contributed by atoms with Crippen LogP contribution < -0.4 is 15.4 Å². The summed E-state index contributed by atoms with van der Waals surface area (Å²) < 4.78 is 9.99. The minimum absolute atomic E-state index is 0.0361. The average Bonchev–Trinajstić information content (AvgIpc) is 3.22. The van der Waals surface area contributed by atoms with Gasteiger partial charge in [-0.2, -0.15) is 0 Å². The first-order valence-electron chi connectivity index (χ1n) is 11.1. The molecular weight excluding hydrogens is 428 g/mol. The zero-order valence-electron chi connectivity index (χ0n) is 19.4. The third-order valence-electron chi connectivity index (χ3n) is 6.49. The summed E-state index contributed by atoms with van der Waals surface area (Å²) in [5.74, 6) is -0.613. The Morgan fingerprint density at radius 1 is 1.03 bits per heavy atom. The summed E-state index contributed by atoms with van der Waals surface area (Å²) in [6.45, 7) is 3.67. The monoisotopic (exact) mass is 460 g/mol. The molecule has 0 aromatic heterocycles. The first kappa shape index (κ1) is 24.3. The van der Waals surface area contributed by atoms with Crippen LogP contribution in [0.1, 0.15) is 32.6 Å². The average molecular weight is 461 g/mol. The van der Waals surface area contributed by atoms with Crippen LogP contribution in [0, 0.1) is 5.41 Å². The molecular formula is C23H32N4O6. The summed E-state index contributed by atoms with van der Waals surface area (Å²) in [4.78, 5) is 52.3.